The number of ether oxygens (including phenoxy) is 2. The number of esters is 2. The van der Waals surface area contributed by atoms with Crippen molar-refractivity contribution in [2.24, 2.45) is 0 Å². The summed E-state index contributed by atoms with van der Waals surface area (Å²) in [5.74, 6) is -2.00. The van der Waals surface area contributed by atoms with E-state index in [9.17, 15) is 19.1 Å². The Kier molecular flexibility index (Phi) is 5.98. The third kappa shape index (κ3) is 3.57. The molecule has 0 amide bonds. The van der Waals surface area contributed by atoms with E-state index in [1.54, 1.807) is 23.6 Å². The molecule has 0 bridgehead atoms. The fourth-order valence-electron chi connectivity index (χ4n) is 3.35. The molecule has 8 heteroatoms. The van der Waals surface area contributed by atoms with Crippen LogP contribution in [0.4, 0.5) is 4.39 Å². The molecule has 3 aromatic rings. The number of carbonyl (C=O) groups is 2. The Morgan fingerprint density at radius 2 is 2.07 bits per heavy atom. The van der Waals surface area contributed by atoms with Crippen molar-refractivity contribution < 1.29 is 28.6 Å². The molecule has 30 heavy (non-hydrogen) atoms. The third-order valence-corrected chi connectivity index (χ3v) is 4.66. The van der Waals surface area contributed by atoms with Crippen molar-refractivity contribution in [2.75, 3.05) is 13.7 Å². The molecule has 0 aliphatic rings. The van der Waals surface area contributed by atoms with Crippen molar-refractivity contribution >= 4 is 33.7 Å². The van der Waals surface area contributed by atoms with Crippen LogP contribution in [-0.4, -0.2) is 40.3 Å². The predicted octanol–water partition coefficient (Wildman–Crippen LogP) is 3.45. The number of allylic oxidation sites excluding steroid dienone is 1. The number of pyridine rings is 1. The van der Waals surface area contributed by atoms with Crippen LogP contribution in [0.1, 0.15) is 29.2 Å². The number of hydrogen-bond donors (Lipinski definition) is 1. The molecule has 1 unspecified atom stereocenters. The largest absolute Gasteiger partial charge is 0.464 e. The first kappa shape index (κ1) is 21.2. The molecule has 0 saturated heterocycles. The zero-order valence-electron chi connectivity index (χ0n) is 16.6. The normalized spacial score (nSPS) is 12.0. The van der Waals surface area contributed by atoms with Crippen LogP contribution in [-0.2, 0) is 20.8 Å². The average Bonchev–Trinajstić information content (AvgIpc) is 3.04. The lowest BCUT2D eigenvalue weighted by molar-refractivity contribution is -0.139. The number of fused-ring (bicyclic) bond motifs is 3. The summed E-state index contributed by atoms with van der Waals surface area (Å²) in [6.45, 7) is 9.42. The van der Waals surface area contributed by atoms with Crippen LogP contribution in [0.25, 0.3) is 21.8 Å². The number of benzene rings is 1. The van der Waals surface area contributed by atoms with E-state index in [1.807, 2.05) is 0 Å². The highest BCUT2D eigenvalue weighted by molar-refractivity contribution is 6.11. The molecule has 1 N–H and O–H groups in total. The second kappa shape index (κ2) is 8.46. The van der Waals surface area contributed by atoms with E-state index in [4.69, 9.17) is 9.47 Å². The Hall–Kier alpha value is -3.52. The van der Waals surface area contributed by atoms with E-state index >= 15 is 0 Å². The second-order valence-corrected chi connectivity index (χ2v) is 6.49. The van der Waals surface area contributed by atoms with Gasteiger partial charge < -0.3 is 19.1 Å². The van der Waals surface area contributed by atoms with Gasteiger partial charge in [-0.05, 0) is 31.2 Å². The Labute approximate surface area is 172 Å². The van der Waals surface area contributed by atoms with Crippen LogP contribution in [0, 0.1) is 5.82 Å². The summed E-state index contributed by atoms with van der Waals surface area (Å²) in [5, 5.41) is 11.9. The Bertz CT molecular complexity index is 1180. The topological polar surface area (TPSA) is 90.7 Å². The monoisotopic (exact) mass is 412 g/mol. The maximum Gasteiger partial charge on any atom is 0.356 e. The van der Waals surface area contributed by atoms with Gasteiger partial charge in [-0.2, -0.15) is 0 Å². The van der Waals surface area contributed by atoms with Crippen molar-refractivity contribution in [3.8, 4) is 0 Å². The smallest absolute Gasteiger partial charge is 0.356 e. The van der Waals surface area contributed by atoms with E-state index in [0.29, 0.717) is 28.4 Å². The molecule has 0 saturated carbocycles. The summed E-state index contributed by atoms with van der Waals surface area (Å²) >= 11 is 0. The first-order valence-corrected chi connectivity index (χ1v) is 9.19. The van der Waals surface area contributed by atoms with E-state index in [1.165, 1.54) is 25.3 Å². The van der Waals surface area contributed by atoms with Crippen LogP contribution in [0.5, 0.6) is 0 Å². The lowest BCUT2D eigenvalue weighted by Gasteiger charge is -2.16. The molecule has 1 aromatic carbocycles. The van der Waals surface area contributed by atoms with Crippen molar-refractivity contribution in [1.82, 2.24) is 9.55 Å². The van der Waals surface area contributed by atoms with E-state index < -0.39 is 23.9 Å². The highest BCUT2D eigenvalue weighted by Crippen LogP contribution is 2.36. The highest BCUT2D eigenvalue weighted by Gasteiger charge is 2.28. The van der Waals surface area contributed by atoms with Crippen LogP contribution in [0.3, 0.4) is 0 Å². The lowest BCUT2D eigenvalue weighted by Crippen LogP contribution is -2.17. The van der Waals surface area contributed by atoms with Gasteiger partial charge in [0.15, 0.2) is 0 Å². The summed E-state index contributed by atoms with van der Waals surface area (Å²) in [4.78, 5) is 28.6. The van der Waals surface area contributed by atoms with Gasteiger partial charge in [-0.3, -0.25) is 0 Å². The lowest BCUT2D eigenvalue weighted by atomic mass is 10.0. The summed E-state index contributed by atoms with van der Waals surface area (Å²) in [6, 6.07) is 5.69. The maximum absolute atomic E-state index is 14.0. The fourth-order valence-corrected chi connectivity index (χ4v) is 3.35. The molecular formula is C22H21FN2O5. The third-order valence-electron chi connectivity index (χ3n) is 4.66. The Morgan fingerprint density at radius 1 is 1.33 bits per heavy atom. The quantitative estimate of drug-likeness (QED) is 0.363. The molecule has 2 aromatic heterocycles. The zero-order valence-corrected chi connectivity index (χ0v) is 16.6. The van der Waals surface area contributed by atoms with Crippen molar-refractivity contribution in [3.63, 3.8) is 0 Å². The molecule has 0 spiro atoms. The molecule has 0 fully saturated rings. The van der Waals surface area contributed by atoms with Gasteiger partial charge in [0.25, 0.3) is 0 Å². The van der Waals surface area contributed by atoms with Crippen LogP contribution >= 0.6 is 0 Å². The Balaban J connectivity index is 2.40. The van der Waals surface area contributed by atoms with E-state index in [-0.39, 0.29) is 23.6 Å². The molecular weight excluding hydrogens is 391 g/mol. The average molecular weight is 412 g/mol. The molecule has 3 rings (SSSR count). The van der Waals surface area contributed by atoms with E-state index in [2.05, 4.69) is 18.1 Å². The van der Waals surface area contributed by atoms with Gasteiger partial charge >= 0.3 is 11.9 Å². The first-order chi connectivity index (χ1) is 14.3. The number of halogens is 1. The summed E-state index contributed by atoms with van der Waals surface area (Å²) < 4.78 is 25.4. The number of hydrogen-bond acceptors (Lipinski definition) is 6. The summed E-state index contributed by atoms with van der Waals surface area (Å²) in [5.41, 5.74) is 0.725. The predicted molar refractivity (Wildman–Crippen MR) is 109 cm³/mol. The SMILES string of the molecule is C=CCn1c2ccc(F)cc2c2cc(C(=O)OC)nc(C(O)C(=C)C(=O)OCC)c21. The fraction of sp³-hybridized carbons (Fsp3) is 0.227. The number of carbonyl (C=O) groups excluding carboxylic acids is 2. The van der Waals surface area contributed by atoms with Crippen LogP contribution in [0.15, 0.2) is 49.1 Å². The van der Waals surface area contributed by atoms with E-state index in [0.717, 1.165) is 0 Å². The van der Waals surface area contributed by atoms with Gasteiger partial charge in [-0.15, -0.1) is 6.58 Å². The number of nitrogens with zero attached hydrogens (tertiary/aromatic N) is 2. The standard InChI is InChI=1S/C22H21FN2O5/c1-5-9-25-17-8-7-13(23)10-14(17)15-11-16(22(28)29-4)24-18(19(15)25)20(26)12(3)21(27)30-6-2/h5,7-8,10-11,20,26H,1,3,6,9H2,2,4H3. The summed E-state index contributed by atoms with van der Waals surface area (Å²) in [6.07, 6.45) is 0.0705. The van der Waals surface area contributed by atoms with Gasteiger partial charge in [0.05, 0.1) is 30.5 Å². The van der Waals surface area contributed by atoms with Crippen LogP contribution < -0.4 is 0 Å². The number of aliphatic hydroxyl groups excluding tert-OH is 1. The van der Waals surface area contributed by atoms with Gasteiger partial charge in [0.1, 0.15) is 17.6 Å². The molecule has 0 aliphatic carbocycles. The summed E-state index contributed by atoms with van der Waals surface area (Å²) in [7, 11) is 1.20. The molecule has 0 radical (unpaired) electrons. The second-order valence-electron chi connectivity index (χ2n) is 6.49. The van der Waals surface area contributed by atoms with Gasteiger partial charge in [-0.1, -0.05) is 12.7 Å². The molecule has 2 heterocycles. The first-order valence-electron chi connectivity index (χ1n) is 9.19. The van der Waals surface area contributed by atoms with Crippen molar-refractivity contribution in [3.05, 3.63) is 66.3 Å². The van der Waals surface area contributed by atoms with Gasteiger partial charge in [0, 0.05) is 22.8 Å². The molecule has 7 nitrogen and oxygen atoms in total. The molecule has 1 atom stereocenters. The number of aromatic nitrogens is 2. The maximum atomic E-state index is 14.0. The number of aliphatic hydroxyl groups is 1. The molecule has 156 valence electrons. The number of methoxy groups -OCH3 is 1. The highest BCUT2D eigenvalue weighted by atomic mass is 19.1. The van der Waals surface area contributed by atoms with Gasteiger partial charge in [-0.25, -0.2) is 19.0 Å². The minimum atomic E-state index is -1.56. The van der Waals surface area contributed by atoms with Crippen LogP contribution in [0.2, 0.25) is 0 Å². The van der Waals surface area contributed by atoms with Crippen molar-refractivity contribution in [1.29, 1.82) is 0 Å². The minimum absolute atomic E-state index is 0.00408. The van der Waals surface area contributed by atoms with Crippen molar-refractivity contribution in [2.45, 2.75) is 19.6 Å². The number of rotatable bonds is 7. The minimum Gasteiger partial charge on any atom is -0.464 e. The molecule has 0 aliphatic heterocycles. The van der Waals surface area contributed by atoms with Gasteiger partial charge in [0.2, 0.25) is 0 Å². The zero-order chi connectivity index (χ0) is 22.0. The Morgan fingerprint density at radius 3 is 2.70 bits per heavy atom.